The fourth-order valence-electron chi connectivity index (χ4n) is 3.13. The molecule has 1 aromatic heterocycles. The molecule has 1 aliphatic rings. The zero-order chi connectivity index (χ0) is 22.2. The molecule has 0 unspecified atom stereocenters. The van der Waals surface area contributed by atoms with Gasteiger partial charge in [-0.05, 0) is 38.7 Å². The molecule has 1 amide bonds. The van der Waals surface area contributed by atoms with Gasteiger partial charge in [-0.3, -0.25) is 4.79 Å². The number of halogens is 5. The summed E-state index contributed by atoms with van der Waals surface area (Å²) >= 11 is -0.0444. The van der Waals surface area contributed by atoms with Crippen molar-refractivity contribution < 1.29 is 31.5 Å². The monoisotopic (exact) mass is 439 g/mol. The van der Waals surface area contributed by atoms with Gasteiger partial charge in [0.1, 0.15) is 0 Å². The number of alkyl halides is 5. The first kappa shape index (κ1) is 23.2. The van der Waals surface area contributed by atoms with Crippen LogP contribution in [0.5, 0.6) is 5.19 Å². The summed E-state index contributed by atoms with van der Waals surface area (Å²) in [6.07, 6.45) is -1.20. The van der Waals surface area contributed by atoms with E-state index >= 15 is 0 Å². The smallest absolute Gasteiger partial charge is 0.459 e. The molecule has 0 N–H and O–H groups in total. The van der Waals surface area contributed by atoms with Gasteiger partial charge >= 0.3 is 12.1 Å². The van der Waals surface area contributed by atoms with Crippen LogP contribution >= 0.6 is 11.3 Å². The van der Waals surface area contributed by atoms with E-state index in [-0.39, 0.29) is 22.8 Å². The number of hydrogen-bond donors (Lipinski definition) is 0. The van der Waals surface area contributed by atoms with Crippen molar-refractivity contribution in [3.63, 3.8) is 0 Å². The van der Waals surface area contributed by atoms with Crippen LogP contribution in [0.15, 0.2) is 23.4 Å². The molecule has 5 nitrogen and oxygen atoms in total. The number of carbonyl (C=O) groups is 1. The Bertz CT molecular complexity index is 828. The lowest BCUT2D eigenvalue weighted by molar-refractivity contribution is -0.289. The second-order valence-electron chi connectivity index (χ2n) is 7.78. The van der Waals surface area contributed by atoms with E-state index in [9.17, 15) is 26.7 Å². The van der Waals surface area contributed by atoms with Crippen LogP contribution < -0.4 is 4.74 Å². The first-order valence-corrected chi connectivity index (χ1v) is 9.59. The third-order valence-corrected chi connectivity index (χ3v) is 5.00. The van der Waals surface area contributed by atoms with Gasteiger partial charge in [-0.1, -0.05) is 41.9 Å². The molecule has 0 fully saturated rings. The van der Waals surface area contributed by atoms with Crippen LogP contribution in [0, 0.1) is 5.41 Å². The van der Waals surface area contributed by atoms with Gasteiger partial charge in [-0.25, -0.2) is 0 Å². The number of amides is 1. The number of aromatic nitrogens is 2. The topological polar surface area (TPSA) is 55.3 Å². The van der Waals surface area contributed by atoms with Crippen molar-refractivity contribution >= 4 is 17.2 Å². The molecule has 2 rings (SSSR count). The second kappa shape index (κ2) is 8.00. The Morgan fingerprint density at radius 3 is 2.41 bits per heavy atom. The average Bonchev–Trinajstić information content (AvgIpc) is 2.99. The number of rotatable bonds is 6. The maximum absolute atomic E-state index is 13.3. The third-order valence-electron chi connectivity index (χ3n) is 4.09. The molecule has 29 heavy (non-hydrogen) atoms. The van der Waals surface area contributed by atoms with Crippen molar-refractivity contribution in [2.75, 3.05) is 6.61 Å². The van der Waals surface area contributed by atoms with Gasteiger partial charge in [0, 0.05) is 11.7 Å². The van der Waals surface area contributed by atoms with E-state index in [0.717, 1.165) is 11.3 Å². The number of hydrogen-bond acceptors (Lipinski definition) is 5. The minimum Gasteiger partial charge on any atom is -0.459 e. The average molecular weight is 439 g/mol. The first-order chi connectivity index (χ1) is 13.1. The van der Waals surface area contributed by atoms with Gasteiger partial charge in [0.2, 0.25) is 0 Å². The highest BCUT2D eigenvalue weighted by Gasteiger charge is 2.61. The van der Waals surface area contributed by atoms with Crippen molar-refractivity contribution in [1.82, 2.24) is 15.1 Å². The molecule has 0 saturated heterocycles. The molecule has 1 aromatic rings. The van der Waals surface area contributed by atoms with E-state index in [0.29, 0.717) is 6.42 Å². The van der Waals surface area contributed by atoms with E-state index < -0.39 is 34.8 Å². The van der Waals surface area contributed by atoms with E-state index in [2.05, 4.69) is 16.3 Å². The van der Waals surface area contributed by atoms with Gasteiger partial charge < -0.3 is 9.64 Å². The lowest BCUT2D eigenvalue weighted by Crippen LogP contribution is -2.41. The van der Waals surface area contributed by atoms with Crippen LogP contribution in [-0.2, 0) is 10.7 Å². The molecular formula is C18H22F5N3O2S. The Kier molecular flexibility index (Phi) is 6.41. The van der Waals surface area contributed by atoms with Crippen LogP contribution in [-0.4, -0.2) is 39.8 Å². The standard InChI is InChI=1S/C18H22F5N3O2S/c1-10(2)26(12-6-11(3)7-16(4,5)8-12)13(27)9-28-15-25-24-14(29-15)17(19,20)18(21,22)23/h6-7,10H,8-9H2,1-5H3. The van der Waals surface area contributed by atoms with Crippen molar-refractivity contribution in [3.8, 4) is 5.19 Å². The van der Waals surface area contributed by atoms with Crippen LogP contribution in [0.3, 0.4) is 0 Å². The quantitative estimate of drug-likeness (QED) is 0.581. The molecule has 162 valence electrons. The van der Waals surface area contributed by atoms with Gasteiger partial charge in [0.05, 0.1) is 0 Å². The van der Waals surface area contributed by atoms with E-state index in [4.69, 9.17) is 4.74 Å². The van der Waals surface area contributed by atoms with Crippen molar-refractivity contribution in [2.24, 2.45) is 5.41 Å². The summed E-state index contributed by atoms with van der Waals surface area (Å²) < 4.78 is 68.9. The zero-order valence-corrected chi connectivity index (χ0v) is 17.4. The Morgan fingerprint density at radius 2 is 1.90 bits per heavy atom. The fourth-order valence-corrected chi connectivity index (χ4v) is 3.82. The van der Waals surface area contributed by atoms with E-state index in [1.165, 1.54) is 4.90 Å². The zero-order valence-electron chi connectivity index (χ0n) is 16.6. The minimum absolute atomic E-state index is 0.0444. The molecule has 1 aliphatic carbocycles. The predicted octanol–water partition coefficient (Wildman–Crippen LogP) is 5.07. The lowest BCUT2D eigenvalue weighted by Gasteiger charge is -2.35. The van der Waals surface area contributed by atoms with Crippen LogP contribution in [0.1, 0.15) is 46.0 Å². The minimum atomic E-state index is -5.79. The molecule has 0 spiro atoms. The molecule has 0 aromatic carbocycles. The summed E-state index contributed by atoms with van der Waals surface area (Å²) in [4.78, 5) is 14.2. The Morgan fingerprint density at radius 1 is 1.28 bits per heavy atom. The molecule has 0 radical (unpaired) electrons. The fraction of sp³-hybridized carbons (Fsp3) is 0.611. The van der Waals surface area contributed by atoms with Gasteiger partial charge in [-0.15, -0.1) is 5.10 Å². The van der Waals surface area contributed by atoms with Crippen molar-refractivity contribution in [1.29, 1.82) is 0 Å². The number of ether oxygens (including phenoxy) is 1. The van der Waals surface area contributed by atoms with Crippen LogP contribution in [0.2, 0.25) is 0 Å². The SMILES string of the molecule is CC1=CC(C)(C)CC(N(C(=O)COc2nnc(C(F)(F)C(F)(F)F)s2)C(C)C)=C1. The van der Waals surface area contributed by atoms with Crippen LogP contribution in [0.25, 0.3) is 0 Å². The maximum Gasteiger partial charge on any atom is 0.460 e. The molecule has 0 bridgehead atoms. The summed E-state index contributed by atoms with van der Waals surface area (Å²) in [6, 6.07) is -0.210. The normalized spacial score (nSPS) is 17.1. The molecule has 11 heteroatoms. The maximum atomic E-state index is 13.3. The van der Waals surface area contributed by atoms with Gasteiger partial charge in [-0.2, -0.15) is 22.0 Å². The summed E-state index contributed by atoms with van der Waals surface area (Å²) in [5.41, 5.74) is 1.62. The number of allylic oxidation sites excluding steroid dienone is 4. The highest BCUT2D eigenvalue weighted by Crippen LogP contribution is 2.45. The highest BCUT2D eigenvalue weighted by molar-refractivity contribution is 7.13. The van der Waals surface area contributed by atoms with Crippen molar-refractivity contribution in [3.05, 3.63) is 28.4 Å². The summed E-state index contributed by atoms with van der Waals surface area (Å²) in [7, 11) is 0. The number of carbonyl (C=O) groups excluding carboxylic acids is 1. The second-order valence-corrected chi connectivity index (χ2v) is 8.72. The predicted molar refractivity (Wildman–Crippen MR) is 97.6 cm³/mol. The summed E-state index contributed by atoms with van der Waals surface area (Å²) in [5, 5.41) is 3.98. The largest absolute Gasteiger partial charge is 0.460 e. The summed E-state index contributed by atoms with van der Waals surface area (Å²) in [6.45, 7) is 9.05. The summed E-state index contributed by atoms with van der Waals surface area (Å²) in [5.74, 6) is -5.60. The van der Waals surface area contributed by atoms with Crippen LogP contribution in [0.4, 0.5) is 22.0 Å². The van der Waals surface area contributed by atoms with E-state index in [1.807, 2.05) is 40.7 Å². The van der Waals surface area contributed by atoms with E-state index in [1.54, 1.807) is 0 Å². The van der Waals surface area contributed by atoms with Crippen molar-refractivity contribution in [2.45, 2.75) is 59.2 Å². The molecular weight excluding hydrogens is 417 g/mol. The Hall–Kier alpha value is -2.04. The first-order valence-electron chi connectivity index (χ1n) is 8.77. The van der Waals surface area contributed by atoms with Gasteiger partial charge in [0.25, 0.3) is 11.1 Å². The molecule has 0 aliphatic heterocycles. The highest BCUT2D eigenvalue weighted by atomic mass is 32.1. The number of nitrogens with zero attached hydrogens (tertiary/aromatic N) is 3. The Balaban J connectivity index is 2.12. The third kappa shape index (κ3) is 5.31. The molecule has 0 saturated carbocycles. The Labute approximate surface area is 169 Å². The lowest BCUT2D eigenvalue weighted by atomic mass is 9.81. The molecule has 0 atom stereocenters. The van der Waals surface area contributed by atoms with Gasteiger partial charge in [0.15, 0.2) is 11.6 Å². The molecule has 1 heterocycles.